The molecule has 0 spiro atoms. The van der Waals surface area contributed by atoms with Gasteiger partial charge >= 0.3 is 0 Å². The first-order valence-electron chi connectivity index (χ1n) is 9.63. The fourth-order valence-electron chi connectivity index (χ4n) is 4.18. The summed E-state index contributed by atoms with van der Waals surface area (Å²) in [7, 11) is 0. The van der Waals surface area contributed by atoms with Gasteiger partial charge in [-0.15, -0.1) is 0 Å². The topological polar surface area (TPSA) is 79.4 Å². The Balaban J connectivity index is 1.49. The highest BCUT2D eigenvalue weighted by Crippen LogP contribution is 2.37. The molecular formula is C22H16BrN5O2. The zero-order valence-corrected chi connectivity index (χ0v) is 17.3. The number of pyridine rings is 1. The van der Waals surface area contributed by atoms with E-state index in [0.29, 0.717) is 24.4 Å². The van der Waals surface area contributed by atoms with Crippen LogP contribution in [0, 0.1) is 0 Å². The molecular weight excluding hydrogens is 446 g/mol. The summed E-state index contributed by atoms with van der Waals surface area (Å²) in [6.07, 6.45) is 5.92. The van der Waals surface area contributed by atoms with Crippen molar-refractivity contribution in [2.24, 2.45) is 0 Å². The maximum Gasteiger partial charge on any atom is 0.275 e. The molecule has 0 saturated carbocycles. The van der Waals surface area contributed by atoms with Crippen molar-refractivity contribution in [1.29, 1.82) is 0 Å². The molecule has 0 saturated heterocycles. The van der Waals surface area contributed by atoms with Gasteiger partial charge in [-0.1, -0.05) is 34.1 Å². The number of halogens is 1. The molecule has 0 bridgehead atoms. The van der Waals surface area contributed by atoms with Crippen molar-refractivity contribution in [3.05, 3.63) is 88.6 Å². The summed E-state index contributed by atoms with van der Waals surface area (Å²) in [6.45, 7) is 0.544. The lowest BCUT2D eigenvalue weighted by atomic mass is 9.99. The van der Waals surface area contributed by atoms with E-state index in [1.807, 2.05) is 58.0 Å². The van der Waals surface area contributed by atoms with Crippen LogP contribution in [0.2, 0.25) is 0 Å². The number of amides is 1. The quantitative estimate of drug-likeness (QED) is 0.423. The summed E-state index contributed by atoms with van der Waals surface area (Å²) >= 11 is 3.49. The maximum atomic E-state index is 13.7. The number of nitrogens with one attached hydrogen (secondary N) is 1. The Hall–Kier alpha value is -3.39. The molecule has 0 radical (unpaired) electrons. The van der Waals surface area contributed by atoms with Gasteiger partial charge < -0.3 is 18.7 Å². The van der Waals surface area contributed by atoms with Crippen LogP contribution in [0.4, 0.5) is 0 Å². The molecule has 0 fully saturated rings. The third kappa shape index (κ3) is 2.60. The van der Waals surface area contributed by atoms with Gasteiger partial charge in [0.25, 0.3) is 5.91 Å². The number of nitrogens with zero attached hydrogens (tertiary/aromatic N) is 4. The van der Waals surface area contributed by atoms with Gasteiger partial charge in [0.1, 0.15) is 23.7 Å². The molecule has 0 aliphatic carbocycles. The van der Waals surface area contributed by atoms with Crippen LogP contribution < -0.4 is 0 Å². The molecule has 1 atom stereocenters. The highest BCUT2D eigenvalue weighted by molar-refractivity contribution is 9.10. The van der Waals surface area contributed by atoms with E-state index in [1.165, 1.54) is 0 Å². The van der Waals surface area contributed by atoms with Crippen LogP contribution in [0.3, 0.4) is 0 Å². The highest BCUT2D eigenvalue weighted by Gasteiger charge is 2.37. The first-order chi connectivity index (χ1) is 14.7. The zero-order valence-electron chi connectivity index (χ0n) is 15.7. The summed E-state index contributed by atoms with van der Waals surface area (Å²) in [4.78, 5) is 27.6. The van der Waals surface area contributed by atoms with E-state index in [4.69, 9.17) is 4.42 Å². The molecule has 0 unspecified atom stereocenters. The monoisotopic (exact) mass is 461 g/mol. The number of para-hydroxylation sites is 1. The van der Waals surface area contributed by atoms with Crippen molar-refractivity contribution in [2.45, 2.75) is 12.5 Å². The molecule has 5 aromatic rings. The molecule has 1 aliphatic heterocycles. The molecule has 1 aromatic carbocycles. The van der Waals surface area contributed by atoms with Gasteiger partial charge in [0.05, 0.1) is 17.5 Å². The van der Waals surface area contributed by atoms with E-state index in [-0.39, 0.29) is 5.91 Å². The molecule has 7 nitrogen and oxygen atoms in total. The van der Waals surface area contributed by atoms with E-state index < -0.39 is 6.04 Å². The number of hydrogen-bond donors (Lipinski definition) is 1. The van der Waals surface area contributed by atoms with Crippen molar-refractivity contribution < 1.29 is 9.21 Å². The minimum Gasteiger partial charge on any atom is -0.458 e. The van der Waals surface area contributed by atoms with Gasteiger partial charge in [-0.3, -0.25) is 4.79 Å². The van der Waals surface area contributed by atoms with Gasteiger partial charge in [0.15, 0.2) is 5.69 Å². The average Bonchev–Trinajstić information content (AvgIpc) is 3.49. The van der Waals surface area contributed by atoms with Gasteiger partial charge in [-0.25, -0.2) is 9.97 Å². The number of fused-ring (bicyclic) bond motifs is 3. The van der Waals surface area contributed by atoms with Gasteiger partial charge in [0.2, 0.25) is 0 Å². The number of furan rings is 1. The van der Waals surface area contributed by atoms with Gasteiger partial charge in [0, 0.05) is 34.7 Å². The molecule has 1 aliphatic rings. The standard InChI is InChI=1S/C22H16BrN5O2/c23-14-5-7-27-12-26-20(16(27)10-14)22(29)28-8-6-15-19(25-11-24-15)21(28)18-9-13-3-1-2-4-17(13)30-18/h1-5,7,9-12,21H,6,8H2,(H,24,25)/t21-/m1/s1. The maximum absolute atomic E-state index is 13.7. The number of hydrogen-bond acceptors (Lipinski definition) is 4. The molecule has 5 heterocycles. The lowest BCUT2D eigenvalue weighted by Gasteiger charge is -2.33. The number of rotatable bonds is 2. The van der Waals surface area contributed by atoms with Crippen LogP contribution in [-0.4, -0.2) is 36.7 Å². The summed E-state index contributed by atoms with van der Waals surface area (Å²) < 4.78 is 8.90. The fraction of sp³-hybridized carbons (Fsp3) is 0.136. The molecule has 8 heteroatoms. The Labute approximate surface area is 179 Å². The van der Waals surface area contributed by atoms with Crippen LogP contribution in [0.15, 0.2) is 70.2 Å². The van der Waals surface area contributed by atoms with Crippen molar-refractivity contribution in [1.82, 2.24) is 24.3 Å². The molecule has 1 N–H and O–H groups in total. The first-order valence-corrected chi connectivity index (χ1v) is 10.4. The Bertz CT molecular complexity index is 1380. The normalized spacial score (nSPS) is 16.3. The largest absolute Gasteiger partial charge is 0.458 e. The SMILES string of the molecule is O=C(c1ncn2ccc(Br)cc12)N1CCc2[nH]cnc2[C@H]1c1cc2ccccc2o1. The third-order valence-corrected chi connectivity index (χ3v) is 6.10. The summed E-state index contributed by atoms with van der Waals surface area (Å²) in [5.41, 5.74) is 3.81. The first kappa shape index (κ1) is 17.5. The Morgan fingerprint density at radius 3 is 3.00 bits per heavy atom. The molecule has 6 rings (SSSR count). The second-order valence-corrected chi connectivity index (χ2v) is 8.25. The molecule has 30 heavy (non-hydrogen) atoms. The smallest absolute Gasteiger partial charge is 0.275 e. The number of aromatic amines is 1. The molecule has 4 aromatic heterocycles. The number of aromatic nitrogens is 4. The predicted octanol–water partition coefficient (Wildman–Crippen LogP) is 4.35. The fourth-order valence-corrected chi connectivity index (χ4v) is 4.52. The van der Waals surface area contributed by atoms with Crippen molar-refractivity contribution in [3.63, 3.8) is 0 Å². The summed E-state index contributed by atoms with van der Waals surface area (Å²) in [6, 6.07) is 13.2. The lowest BCUT2D eigenvalue weighted by molar-refractivity contribution is 0.0669. The van der Waals surface area contributed by atoms with E-state index in [1.54, 1.807) is 12.7 Å². The minimum absolute atomic E-state index is 0.144. The number of H-pyrrole nitrogens is 1. The van der Waals surface area contributed by atoms with E-state index >= 15 is 0 Å². The number of benzene rings is 1. The summed E-state index contributed by atoms with van der Waals surface area (Å²) in [5.74, 6) is 0.553. The van der Waals surface area contributed by atoms with Gasteiger partial charge in [-0.05, 0) is 24.3 Å². The number of carbonyl (C=O) groups excluding carboxylic acids is 1. The van der Waals surface area contributed by atoms with Crippen LogP contribution >= 0.6 is 15.9 Å². The van der Waals surface area contributed by atoms with Crippen molar-refractivity contribution >= 4 is 38.3 Å². The highest BCUT2D eigenvalue weighted by atomic mass is 79.9. The van der Waals surface area contributed by atoms with Crippen LogP contribution in [0.25, 0.3) is 16.5 Å². The second-order valence-electron chi connectivity index (χ2n) is 7.33. The number of imidazole rings is 2. The predicted molar refractivity (Wildman–Crippen MR) is 114 cm³/mol. The lowest BCUT2D eigenvalue weighted by Crippen LogP contribution is -2.40. The Morgan fingerprint density at radius 2 is 2.10 bits per heavy atom. The second kappa shape index (κ2) is 6.56. The molecule has 1 amide bonds. The van der Waals surface area contributed by atoms with Crippen LogP contribution in [-0.2, 0) is 6.42 Å². The van der Waals surface area contributed by atoms with Crippen LogP contribution in [0.1, 0.15) is 33.7 Å². The minimum atomic E-state index is -0.413. The number of carbonyl (C=O) groups is 1. The van der Waals surface area contributed by atoms with E-state index in [9.17, 15) is 4.79 Å². The van der Waals surface area contributed by atoms with Crippen molar-refractivity contribution in [3.8, 4) is 0 Å². The van der Waals surface area contributed by atoms with E-state index in [2.05, 4.69) is 30.9 Å². The Kier molecular flexibility index (Phi) is 3.82. The van der Waals surface area contributed by atoms with E-state index in [0.717, 1.165) is 32.3 Å². The summed E-state index contributed by atoms with van der Waals surface area (Å²) in [5, 5.41) is 0.999. The van der Waals surface area contributed by atoms with Crippen molar-refractivity contribution in [2.75, 3.05) is 6.54 Å². The third-order valence-electron chi connectivity index (χ3n) is 5.60. The average molecular weight is 462 g/mol. The molecule has 148 valence electrons. The van der Waals surface area contributed by atoms with Gasteiger partial charge in [-0.2, -0.15) is 0 Å². The zero-order chi connectivity index (χ0) is 20.2. The Morgan fingerprint density at radius 1 is 1.20 bits per heavy atom. The van der Waals surface area contributed by atoms with Crippen LogP contribution in [0.5, 0.6) is 0 Å².